The number of aliphatic carboxylic acids is 1. The maximum atomic E-state index is 12.6. The number of amides is 2. The number of carboxylic acids is 1. The number of hydrogen-bond acceptors (Lipinski definition) is 4. The lowest BCUT2D eigenvalue weighted by Crippen LogP contribution is -2.60. The number of urea groups is 1. The molecule has 0 spiro atoms. The van der Waals surface area contributed by atoms with Crippen molar-refractivity contribution in [3.63, 3.8) is 0 Å². The van der Waals surface area contributed by atoms with E-state index in [-0.39, 0.29) is 6.03 Å². The number of rotatable bonds is 3. The Kier molecular flexibility index (Phi) is 4.51. The highest BCUT2D eigenvalue weighted by molar-refractivity contribution is 7.09. The summed E-state index contributed by atoms with van der Waals surface area (Å²) in [6.45, 7) is 4.50. The normalized spacial score (nSPS) is 22.1. The van der Waals surface area contributed by atoms with Gasteiger partial charge in [-0.3, -0.25) is 0 Å². The number of carbonyl (C=O) groups is 2. The van der Waals surface area contributed by atoms with Crippen LogP contribution >= 0.6 is 11.3 Å². The zero-order valence-electron chi connectivity index (χ0n) is 12.6. The van der Waals surface area contributed by atoms with Crippen LogP contribution in [0.3, 0.4) is 0 Å². The van der Waals surface area contributed by atoms with Crippen LogP contribution in [0.2, 0.25) is 0 Å². The van der Waals surface area contributed by atoms with Gasteiger partial charge in [0.25, 0.3) is 0 Å². The van der Waals surface area contributed by atoms with E-state index in [2.05, 4.69) is 4.98 Å². The quantitative estimate of drug-likeness (QED) is 0.930. The van der Waals surface area contributed by atoms with Crippen molar-refractivity contribution >= 4 is 23.3 Å². The summed E-state index contributed by atoms with van der Waals surface area (Å²) in [5.41, 5.74) is 1.57. The van der Waals surface area contributed by atoms with Crippen LogP contribution in [-0.2, 0) is 11.3 Å². The third-order valence-corrected chi connectivity index (χ3v) is 5.05. The predicted molar refractivity (Wildman–Crippen MR) is 80.3 cm³/mol. The molecule has 1 aromatic heterocycles. The minimum atomic E-state index is -1.10. The molecule has 1 unspecified atom stereocenters. The third kappa shape index (κ3) is 3.02. The highest BCUT2D eigenvalue weighted by Crippen LogP contribution is 2.29. The molecule has 1 fully saturated rings. The van der Waals surface area contributed by atoms with Gasteiger partial charge in [-0.1, -0.05) is 0 Å². The molecule has 7 heteroatoms. The second kappa shape index (κ2) is 6.01. The van der Waals surface area contributed by atoms with E-state index in [0.717, 1.165) is 23.4 Å². The van der Waals surface area contributed by atoms with Crippen molar-refractivity contribution in [2.24, 2.45) is 0 Å². The molecule has 6 nitrogen and oxygen atoms in total. The molecule has 2 amide bonds. The fourth-order valence-electron chi connectivity index (χ4n) is 2.62. The summed E-state index contributed by atoms with van der Waals surface area (Å²) in [6.07, 6.45) is 2.19. The molecule has 1 aliphatic rings. The minimum Gasteiger partial charge on any atom is -0.480 e. The molecule has 0 saturated carbocycles. The van der Waals surface area contributed by atoms with E-state index in [4.69, 9.17) is 0 Å². The van der Waals surface area contributed by atoms with Gasteiger partial charge in [0, 0.05) is 18.5 Å². The van der Waals surface area contributed by atoms with Crippen LogP contribution in [0.4, 0.5) is 4.79 Å². The maximum Gasteiger partial charge on any atom is 0.329 e. The number of carboxylic acid groups (broad SMARTS) is 1. The lowest BCUT2D eigenvalue weighted by molar-refractivity contribution is -0.150. The highest BCUT2D eigenvalue weighted by atomic mass is 32.1. The van der Waals surface area contributed by atoms with Crippen LogP contribution in [0.15, 0.2) is 5.51 Å². The first-order valence-electron chi connectivity index (χ1n) is 7.01. The Hall–Kier alpha value is -1.63. The lowest BCUT2D eigenvalue weighted by Gasteiger charge is -2.43. The maximum absolute atomic E-state index is 12.6. The number of nitrogens with zero attached hydrogens (tertiary/aromatic N) is 3. The molecule has 116 valence electrons. The van der Waals surface area contributed by atoms with Gasteiger partial charge in [0.2, 0.25) is 0 Å². The van der Waals surface area contributed by atoms with Crippen LogP contribution in [0.1, 0.15) is 36.8 Å². The minimum absolute atomic E-state index is 0.229. The van der Waals surface area contributed by atoms with E-state index in [0.29, 0.717) is 19.5 Å². The molecule has 21 heavy (non-hydrogen) atoms. The molecule has 1 aromatic rings. The zero-order valence-corrected chi connectivity index (χ0v) is 13.4. The van der Waals surface area contributed by atoms with Gasteiger partial charge in [-0.2, -0.15) is 0 Å². The molecule has 0 aliphatic carbocycles. The predicted octanol–water partition coefficient (Wildman–Crippen LogP) is 2.33. The van der Waals surface area contributed by atoms with Gasteiger partial charge in [0.1, 0.15) is 5.54 Å². The molecule has 0 bridgehead atoms. The first-order valence-corrected chi connectivity index (χ1v) is 7.89. The lowest BCUT2D eigenvalue weighted by atomic mass is 9.89. The van der Waals surface area contributed by atoms with E-state index in [1.165, 1.54) is 16.2 Å². The van der Waals surface area contributed by atoms with Gasteiger partial charge in [-0.15, -0.1) is 11.3 Å². The van der Waals surface area contributed by atoms with E-state index in [1.54, 1.807) is 24.4 Å². The number of piperidine rings is 1. The zero-order chi connectivity index (χ0) is 15.6. The molecular formula is C14H21N3O3S. The summed E-state index contributed by atoms with van der Waals surface area (Å²) in [7, 11) is 1.71. The Morgan fingerprint density at radius 1 is 1.52 bits per heavy atom. The summed E-state index contributed by atoms with van der Waals surface area (Å²) in [5.74, 6) is -0.932. The van der Waals surface area contributed by atoms with Crippen molar-refractivity contribution in [3.05, 3.63) is 16.1 Å². The summed E-state index contributed by atoms with van der Waals surface area (Å²) in [6, 6.07) is -0.229. The van der Waals surface area contributed by atoms with E-state index < -0.39 is 11.5 Å². The SMILES string of the molecule is Cc1ncsc1CN(C)C(=O)N1CCCCC1(C)C(=O)O. The molecule has 0 aromatic carbocycles. The number of likely N-dealkylation sites (tertiary alicyclic amines) is 1. The van der Waals surface area contributed by atoms with Gasteiger partial charge in [-0.05, 0) is 33.1 Å². The third-order valence-electron chi connectivity index (χ3n) is 4.13. The summed E-state index contributed by atoms with van der Waals surface area (Å²) in [5, 5.41) is 9.48. The molecule has 1 atom stereocenters. The number of thiazole rings is 1. The van der Waals surface area contributed by atoms with E-state index in [1.807, 2.05) is 6.92 Å². The van der Waals surface area contributed by atoms with Gasteiger partial charge in [0.05, 0.1) is 17.7 Å². The van der Waals surface area contributed by atoms with E-state index >= 15 is 0 Å². The Morgan fingerprint density at radius 3 is 2.81 bits per heavy atom. The second-order valence-electron chi connectivity index (χ2n) is 5.69. The number of hydrogen-bond donors (Lipinski definition) is 1. The van der Waals surface area contributed by atoms with Crippen LogP contribution in [0, 0.1) is 6.92 Å². The molecule has 1 aliphatic heterocycles. The van der Waals surface area contributed by atoms with Crippen molar-refractivity contribution in [1.82, 2.24) is 14.8 Å². The standard InChI is InChI=1S/C14H21N3O3S/c1-10-11(21-9-15-10)8-16(3)13(20)17-7-5-4-6-14(17,2)12(18)19/h9H,4-8H2,1-3H3,(H,18,19). The van der Waals surface area contributed by atoms with E-state index in [9.17, 15) is 14.7 Å². The summed E-state index contributed by atoms with van der Waals surface area (Å²) in [4.78, 5) is 32.5. The molecule has 2 heterocycles. The van der Waals surface area contributed by atoms with Crippen LogP contribution in [0.5, 0.6) is 0 Å². The number of carbonyl (C=O) groups excluding carboxylic acids is 1. The first-order chi connectivity index (χ1) is 9.86. The van der Waals surface area contributed by atoms with Crippen molar-refractivity contribution in [2.45, 2.75) is 45.2 Å². The van der Waals surface area contributed by atoms with Gasteiger partial charge >= 0.3 is 12.0 Å². The smallest absolute Gasteiger partial charge is 0.329 e. The van der Waals surface area contributed by atoms with Gasteiger partial charge in [0.15, 0.2) is 0 Å². The fourth-order valence-corrected chi connectivity index (χ4v) is 3.45. The van der Waals surface area contributed by atoms with Crippen LogP contribution < -0.4 is 0 Å². The molecule has 1 N–H and O–H groups in total. The molecule has 0 radical (unpaired) electrons. The topological polar surface area (TPSA) is 73.7 Å². The largest absolute Gasteiger partial charge is 0.480 e. The fraction of sp³-hybridized carbons (Fsp3) is 0.643. The first kappa shape index (κ1) is 15.8. The van der Waals surface area contributed by atoms with Crippen molar-refractivity contribution in [1.29, 1.82) is 0 Å². The van der Waals surface area contributed by atoms with Gasteiger partial charge < -0.3 is 14.9 Å². The monoisotopic (exact) mass is 311 g/mol. The summed E-state index contributed by atoms with van der Waals surface area (Å²) < 4.78 is 0. The number of aromatic nitrogens is 1. The highest BCUT2D eigenvalue weighted by Gasteiger charge is 2.44. The van der Waals surface area contributed by atoms with Crippen LogP contribution in [0.25, 0.3) is 0 Å². The average molecular weight is 311 g/mol. The molecule has 1 saturated heterocycles. The Balaban J connectivity index is 2.13. The van der Waals surface area contributed by atoms with Gasteiger partial charge in [-0.25, -0.2) is 14.6 Å². The Labute approximate surface area is 128 Å². The van der Waals surface area contributed by atoms with Crippen molar-refractivity contribution < 1.29 is 14.7 Å². The Morgan fingerprint density at radius 2 is 2.24 bits per heavy atom. The molecule has 2 rings (SSSR count). The van der Waals surface area contributed by atoms with Crippen molar-refractivity contribution in [3.8, 4) is 0 Å². The summed E-state index contributed by atoms with van der Waals surface area (Å²) >= 11 is 1.51. The Bertz CT molecular complexity index is 545. The number of aryl methyl sites for hydroxylation is 1. The van der Waals surface area contributed by atoms with Crippen molar-refractivity contribution in [2.75, 3.05) is 13.6 Å². The average Bonchev–Trinajstić information content (AvgIpc) is 2.84. The molecular weight excluding hydrogens is 290 g/mol. The second-order valence-corrected chi connectivity index (χ2v) is 6.63. The van der Waals surface area contributed by atoms with Crippen LogP contribution in [-0.4, -0.2) is 51.0 Å².